The highest BCUT2D eigenvalue weighted by Gasteiger charge is 2.14. The first-order valence-corrected chi connectivity index (χ1v) is 6.82. The van der Waals surface area contributed by atoms with Crippen molar-refractivity contribution in [2.24, 2.45) is 0 Å². The van der Waals surface area contributed by atoms with Crippen LogP contribution in [0.3, 0.4) is 0 Å². The quantitative estimate of drug-likeness (QED) is 0.887. The van der Waals surface area contributed by atoms with E-state index in [9.17, 15) is 5.11 Å². The molecule has 0 radical (unpaired) electrons. The lowest BCUT2D eigenvalue weighted by atomic mass is 10.0. The van der Waals surface area contributed by atoms with Gasteiger partial charge in [0, 0.05) is 0 Å². The van der Waals surface area contributed by atoms with E-state index >= 15 is 0 Å². The van der Waals surface area contributed by atoms with Crippen molar-refractivity contribution < 1.29 is 19.3 Å². The average molecular weight is 288 g/mol. The minimum Gasteiger partial charge on any atom is -0.497 e. The van der Waals surface area contributed by atoms with Gasteiger partial charge in [0.2, 0.25) is 0 Å². The maximum absolute atomic E-state index is 10.5. The first-order chi connectivity index (χ1) is 10.2. The van der Waals surface area contributed by atoms with Gasteiger partial charge in [0.15, 0.2) is 11.5 Å². The van der Waals surface area contributed by atoms with Crippen LogP contribution in [0.25, 0.3) is 0 Å². The zero-order valence-electron chi connectivity index (χ0n) is 12.5. The Morgan fingerprint density at radius 1 is 0.952 bits per heavy atom. The second-order valence-corrected chi connectivity index (χ2v) is 4.52. The van der Waals surface area contributed by atoms with E-state index < -0.39 is 6.10 Å². The molecule has 21 heavy (non-hydrogen) atoms. The highest BCUT2D eigenvalue weighted by atomic mass is 16.5. The molecule has 2 rings (SSSR count). The van der Waals surface area contributed by atoms with Crippen LogP contribution in [-0.2, 0) is 0 Å². The number of rotatable bonds is 6. The van der Waals surface area contributed by atoms with Crippen LogP contribution >= 0.6 is 0 Å². The molecule has 4 heteroatoms. The molecular formula is C17H20O4. The molecule has 0 saturated heterocycles. The Morgan fingerprint density at radius 3 is 2.38 bits per heavy atom. The molecule has 2 aromatic rings. The fraction of sp³-hybridized carbons (Fsp3) is 0.294. The number of hydrogen-bond donors (Lipinski definition) is 1. The van der Waals surface area contributed by atoms with Crippen LogP contribution in [0, 0.1) is 0 Å². The van der Waals surface area contributed by atoms with E-state index in [0.717, 1.165) is 11.1 Å². The maximum Gasteiger partial charge on any atom is 0.161 e. The Hall–Kier alpha value is -2.20. The van der Waals surface area contributed by atoms with Crippen molar-refractivity contribution in [1.82, 2.24) is 0 Å². The van der Waals surface area contributed by atoms with E-state index in [2.05, 4.69) is 0 Å². The van der Waals surface area contributed by atoms with Crippen LogP contribution in [-0.4, -0.2) is 25.9 Å². The van der Waals surface area contributed by atoms with Gasteiger partial charge in [-0.15, -0.1) is 0 Å². The highest BCUT2D eigenvalue weighted by Crippen LogP contribution is 2.33. The molecule has 0 aromatic heterocycles. The van der Waals surface area contributed by atoms with E-state index in [1.165, 1.54) is 0 Å². The number of aliphatic hydroxyl groups excluding tert-OH is 1. The normalized spacial score (nSPS) is 11.8. The molecule has 1 N–H and O–H groups in total. The molecule has 0 aliphatic carbocycles. The molecule has 2 aromatic carbocycles. The molecule has 0 aliphatic rings. The van der Waals surface area contributed by atoms with Gasteiger partial charge in [-0.2, -0.15) is 0 Å². The first kappa shape index (κ1) is 15.2. The van der Waals surface area contributed by atoms with Gasteiger partial charge in [-0.25, -0.2) is 0 Å². The summed E-state index contributed by atoms with van der Waals surface area (Å²) in [6, 6.07) is 12.8. The smallest absolute Gasteiger partial charge is 0.161 e. The molecule has 0 amide bonds. The molecule has 4 nitrogen and oxygen atoms in total. The lowest BCUT2D eigenvalue weighted by Gasteiger charge is -2.15. The summed E-state index contributed by atoms with van der Waals surface area (Å²) in [6.07, 6.45) is -0.745. The monoisotopic (exact) mass is 288 g/mol. The maximum atomic E-state index is 10.5. The molecular weight excluding hydrogens is 268 g/mol. The summed E-state index contributed by atoms with van der Waals surface area (Å²) >= 11 is 0. The van der Waals surface area contributed by atoms with Gasteiger partial charge >= 0.3 is 0 Å². The van der Waals surface area contributed by atoms with E-state index in [-0.39, 0.29) is 0 Å². The Balaban J connectivity index is 2.33. The average Bonchev–Trinajstić information content (AvgIpc) is 2.54. The van der Waals surface area contributed by atoms with Crippen molar-refractivity contribution in [2.75, 3.05) is 20.8 Å². The van der Waals surface area contributed by atoms with E-state index in [1.807, 2.05) is 37.3 Å². The Kier molecular flexibility index (Phi) is 5.06. The molecule has 1 atom stereocenters. The van der Waals surface area contributed by atoms with E-state index in [0.29, 0.717) is 23.9 Å². The van der Waals surface area contributed by atoms with Crippen LogP contribution in [0.1, 0.15) is 24.2 Å². The summed E-state index contributed by atoms with van der Waals surface area (Å²) in [5.41, 5.74) is 1.51. The van der Waals surface area contributed by atoms with Crippen molar-refractivity contribution in [1.29, 1.82) is 0 Å². The van der Waals surface area contributed by atoms with Crippen molar-refractivity contribution >= 4 is 0 Å². The van der Waals surface area contributed by atoms with E-state index in [4.69, 9.17) is 14.2 Å². The Morgan fingerprint density at radius 2 is 1.71 bits per heavy atom. The molecule has 0 saturated carbocycles. The largest absolute Gasteiger partial charge is 0.497 e. The summed E-state index contributed by atoms with van der Waals surface area (Å²) in [6.45, 7) is 2.44. The predicted molar refractivity (Wildman–Crippen MR) is 81.2 cm³/mol. The number of methoxy groups -OCH3 is 2. The van der Waals surface area contributed by atoms with Crippen LogP contribution in [0.2, 0.25) is 0 Å². The third kappa shape index (κ3) is 3.47. The van der Waals surface area contributed by atoms with Gasteiger partial charge in [0.25, 0.3) is 0 Å². The van der Waals surface area contributed by atoms with Crippen molar-refractivity contribution in [3.8, 4) is 17.2 Å². The van der Waals surface area contributed by atoms with Gasteiger partial charge in [-0.1, -0.05) is 18.2 Å². The highest BCUT2D eigenvalue weighted by molar-refractivity contribution is 5.46. The molecule has 0 bridgehead atoms. The van der Waals surface area contributed by atoms with Crippen molar-refractivity contribution in [2.45, 2.75) is 13.0 Å². The van der Waals surface area contributed by atoms with Crippen LogP contribution < -0.4 is 14.2 Å². The summed E-state index contributed by atoms with van der Waals surface area (Å²) in [4.78, 5) is 0. The van der Waals surface area contributed by atoms with Gasteiger partial charge in [0.05, 0.1) is 20.8 Å². The lowest BCUT2D eigenvalue weighted by molar-refractivity contribution is 0.218. The third-order valence-electron chi connectivity index (χ3n) is 3.21. The number of aliphatic hydroxyl groups is 1. The summed E-state index contributed by atoms with van der Waals surface area (Å²) in [5.74, 6) is 1.99. The summed E-state index contributed by atoms with van der Waals surface area (Å²) in [7, 11) is 3.20. The van der Waals surface area contributed by atoms with Gasteiger partial charge in [-0.3, -0.25) is 0 Å². The number of benzene rings is 2. The van der Waals surface area contributed by atoms with Crippen molar-refractivity contribution in [3.05, 3.63) is 53.6 Å². The van der Waals surface area contributed by atoms with Crippen LogP contribution in [0.15, 0.2) is 42.5 Å². The van der Waals surface area contributed by atoms with Gasteiger partial charge in [0.1, 0.15) is 11.9 Å². The minimum absolute atomic E-state index is 0.537. The fourth-order valence-corrected chi connectivity index (χ4v) is 2.14. The number of hydrogen-bond acceptors (Lipinski definition) is 4. The summed E-state index contributed by atoms with van der Waals surface area (Å²) in [5, 5.41) is 10.5. The summed E-state index contributed by atoms with van der Waals surface area (Å²) < 4.78 is 16.0. The standard InChI is InChI=1S/C17H20O4/c1-4-21-16-11-13(8-9-15(16)20-3)17(18)12-6-5-7-14(10-12)19-2/h5-11,17-18H,4H2,1-3H3/t17-/m1/s1. The van der Waals surface area contributed by atoms with Crippen LogP contribution in [0.4, 0.5) is 0 Å². The zero-order chi connectivity index (χ0) is 15.2. The minimum atomic E-state index is -0.745. The topological polar surface area (TPSA) is 47.9 Å². The van der Waals surface area contributed by atoms with E-state index in [1.54, 1.807) is 26.4 Å². The zero-order valence-corrected chi connectivity index (χ0v) is 12.5. The number of ether oxygens (including phenoxy) is 3. The predicted octanol–water partition coefficient (Wildman–Crippen LogP) is 3.18. The first-order valence-electron chi connectivity index (χ1n) is 6.82. The molecule has 0 spiro atoms. The van der Waals surface area contributed by atoms with Crippen LogP contribution in [0.5, 0.6) is 17.2 Å². The van der Waals surface area contributed by atoms with Crippen molar-refractivity contribution in [3.63, 3.8) is 0 Å². The molecule has 0 heterocycles. The fourth-order valence-electron chi connectivity index (χ4n) is 2.14. The van der Waals surface area contributed by atoms with Gasteiger partial charge in [-0.05, 0) is 42.3 Å². The molecule has 0 aliphatic heterocycles. The second kappa shape index (κ2) is 6.99. The second-order valence-electron chi connectivity index (χ2n) is 4.52. The third-order valence-corrected chi connectivity index (χ3v) is 3.21. The van der Waals surface area contributed by atoms with Gasteiger partial charge < -0.3 is 19.3 Å². The molecule has 0 fully saturated rings. The Labute approximate surface area is 124 Å². The molecule has 0 unspecified atom stereocenters. The molecule has 112 valence electrons. The lowest BCUT2D eigenvalue weighted by Crippen LogP contribution is -2.02. The Bertz CT molecular complexity index is 595. The SMILES string of the molecule is CCOc1cc([C@H](O)c2cccc(OC)c2)ccc1OC.